The summed E-state index contributed by atoms with van der Waals surface area (Å²) in [4.78, 5) is 8.45. The first-order valence-corrected chi connectivity index (χ1v) is 8.43. The Balaban J connectivity index is 1.65. The van der Waals surface area contributed by atoms with Gasteiger partial charge >= 0.3 is 0 Å². The number of aliphatic hydroxyl groups excluding tert-OH is 1. The zero-order valence-electron chi connectivity index (χ0n) is 13.6. The van der Waals surface area contributed by atoms with Gasteiger partial charge in [-0.1, -0.05) is 15.9 Å². The van der Waals surface area contributed by atoms with Crippen molar-refractivity contribution in [3.8, 4) is 17.4 Å². The highest BCUT2D eigenvalue weighted by molar-refractivity contribution is 9.10. The van der Waals surface area contributed by atoms with Crippen molar-refractivity contribution in [2.45, 2.75) is 6.61 Å². The van der Waals surface area contributed by atoms with Crippen molar-refractivity contribution in [2.24, 2.45) is 0 Å². The molecule has 3 aromatic rings. The number of hydrogen-bond acceptors (Lipinski definition) is 6. The van der Waals surface area contributed by atoms with Gasteiger partial charge < -0.3 is 19.3 Å². The fraction of sp³-hybridized carbons (Fsp3) is 0.222. The molecule has 2 heterocycles. The van der Waals surface area contributed by atoms with Crippen molar-refractivity contribution in [3.63, 3.8) is 0 Å². The van der Waals surface area contributed by atoms with E-state index < -0.39 is 0 Å². The molecule has 6 nitrogen and oxygen atoms in total. The highest BCUT2D eigenvalue weighted by atomic mass is 79.9. The summed E-state index contributed by atoms with van der Waals surface area (Å²) in [7, 11) is 1.56. The number of fused-ring (bicyclic) bond motifs is 1. The van der Waals surface area contributed by atoms with E-state index in [2.05, 4.69) is 25.9 Å². The topological polar surface area (TPSA) is 73.7 Å². The number of rotatable bonds is 7. The van der Waals surface area contributed by atoms with Gasteiger partial charge in [0.05, 0.1) is 25.4 Å². The zero-order valence-corrected chi connectivity index (χ0v) is 15.2. The van der Waals surface area contributed by atoms with E-state index >= 15 is 0 Å². The maximum Gasteiger partial charge on any atom is 0.257 e. The number of halogens is 1. The molecule has 0 amide bonds. The van der Waals surface area contributed by atoms with Gasteiger partial charge in [-0.15, -0.1) is 0 Å². The smallest absolute Gasteiger partial charge is 0.257 e. The third kappa shape index (κ3) is 4.37. The van der Waals surface area contributed by atoms with Crippen LogP contribution < -0.4 is 14.2 Å². The van der Waals surface area contributed by atoms with Crippen LogP contribution >= 0.6 is 15.9 Å². The Kier molecular flexibility index (Phi) is 5.67. The highest BCUT2D eigenvalue weighted by Crippen LogP contribution is 2.30. The number of hydrogen-bond donors (Lipinski definition) is 1. The van der Waals surface area contributed by atoms with Gasteiger partial charge in [0.1, 0.15) is 19.0 Å². The Morgan fingerprint density at radius 1 is 1.08 bits per heavy atom. The number of benzene rings is 1. The summed E-state index contributed by atoms with van der Waals surface area (Å²) in [6.07, 6.45) is 3.18. The zero-order chi connectivity index (χ0) is 17.6. The van der Waals surface area contributed by atoms with Crippen LogP contribution in [0, 0.1) is 0 Å². The van der Waals surface area contributed by atoms with Crippen molar-refractivity contribution in [2.75, 3.05) is 20.3 Å². The monoisotopic (exact) mass is 404 g/mol. The first-order chi connectivity index (χ1) is 12.2. The number of aliphatic hydroxyl groups is 1. The number of methoxy groups -OCH3 is 1. The second-order valence-corrected chi connectivity index (χ2v) is 6.13. The van der Waals surface area contributed by atoms with Crippen molar-refractivity contribution in [1.82, 2.24) is 9.97 Å². The van der Waals surface area contributed by atoms with Crippen molar-refractivity contribution < 1.29 is 19.3 Å². The summed E-state index contributed by atoms with van der Waals surface area (Å²) in [5.74, 6) is 1.57. The molecule has 0 spiro atoms. The predicted molar refractivity (Wildman–Crippen MR) is 97.1 cm³/mol. The SMILES string of the molecule is COc1nc2ccc(Br)cc2cc1OCCOc1cncc(CO)c1. The largest absolute Gasteiger partial charge is 0.488 e. The van der Waals surface area contributed by atoms with Gasteiger partial charge in [0.15, 0.2) is 5.75 Å². The maximum atomic E-state index is 9.10. The summed E-state index contributed by atoms with van der Waals surface area (Å²) in [6.45, 7) is 0.577. The molecule has 7 heteroatoms. The van der Waals surface area contributed by atoms with Crippen LogP contribution in [0.1, 0.15) is 5.56 Å². The van der Waals surface area contributed by atoms with E-state index in [0.29, 0.717) is 36.2 Å². The third-order valence-corrected chi connectivity index (χ3v) is 3.96. The van der Waals surface area contributed by atoms with Crippen molar-refractivity contribution in [1.29, 1.82) is 0 Å². The fourth-order valence-electron chi connectivity index (χ4n) is 2.30. The summed E-state index contributed by atoms with van der Waals surface area (Å²) in [5, 5.41) is 10.1. The minimum atomic E-state index is -0.0732. The summed E-state index contributed by atoms with van der Waals surface area (Å²) in [6, 6.07) is 9.44. The molecule has 0 aliphatic heterocycles. The molecule has 0 saturated carbocycles. The molecule has 0 bridgehead atoms. The van der Waals surface area contributed by atoms with E-state index in [1.54, 1.807) is 25.6 Å². The van der Waals surface area contributed by atoms with Crippen LogP contribution in [0.4, 0.5) is 0 Å². The first-order valence-electron chi connectivity index (χ1n) is 7.64. The molecular formula is C18H17BrN2O4. The molecule has 0 aliphatic carbocycles. The van der Waals surface area contributed by atoms with Crippen LogP contribution in [-0.4, -0.2) is 35.4 Å². The van der Waals surface area contributed by atoms with E-state index in [1.165, 1.54) is 0 Å². The van der Waals surface area contributed by atoms with Gasteiger partial charge in [-0.2, -0.15) is 0 Å². The second-order valence-electron chi connectivity index (χ2n) is 5.22. The lowest BCUT2D eigenvalue weighted by Gasteiger charge is -2.12. The second kappa shape index (κ2) is 8.13. The van der Waals surface area contributed by atoms with Crippen LogP contribution in [-0.2, 0) is 6.61 Å². The Labute approximate surface area is 153 Å². The minimum absolute atomic E-state index is 0.0732. The molecule has 1 N–H and O–H groups in total. The van der Waals surface area contributed by atoms with Gasteiger partial charge in [-0.25, -0.2) is 4.98 Å². The normalized spacial score (nSPS) is 10.7. The lowest BCUT2D eigenvalue weighted by atomic mass is 10.2. The molecule has 0 saturated heterocycles. The van der Waals surface area contributed by atoms with Crippen LogP contribution in [0.15, 0.2) is 47.2 Å². The summed E-state index contributed by atoms with van der Waals surface area (Å²) >= 11 is 3.45. The van der Waals surface area contributed by atoms with E-state index in [0.717, 1.165) is 15.4 Å². The van der Waals surface area contributed by atoms with Gasteiger partial charge in [0.2, 0.25) is 0 Å². The van der Waals surface area contributed by atoms with E-state index in [9.17, 15) is 0 Å². The molecule has 0 aliphatic rings. The first kappa shape index (κ1) is 17.4. The number of nitrogens with zero attached hydrogens (tertiary/aromatic N) is 2. The lowest BCUT2D eigenvalue weighted by molar-refractivity contribution is 0.209. The molecule has 3 rings (SSSR count). The molecule has 0 unspecified atom stereocenters. The Hall–Kier alpha value is -2.38. The standard InChI is InChI=1S/C18H17BrN2O4/c1-23-18-17(8-13-7-14(19)2-3-16(13)21-18)25-5-4-24-15-6-12(11-22)9-20-10-15/h2-3,6-10,22H,4-5,11H2,1H3. The number of aromatic nitrogens is 2. The molecular weight excluding hydrogens is 388 g/mol. The molecule has 130 valence electrons. The van der Waals surface area contributed by atoms with Crippen molar-refractivity contribution in [3.05, 3.63) is 52.8 Å². The van der Waals surface area contributed by atoms with Crippen LogP contribution in [0.5, 0.6) is 17.4 Å². The summed E-state index contributed by atoms with van der Waals surface area (Å²) in [5.41, 5.74) is 1.53. The molecule has 0 radical (unpaired) electrons. The van der Waals surface area contributed by atoms with Crippen LogP contribution in [0.3, 0.4) is 0 Å². The lowest BCUT2D eigenvalue weighted by Crippen LogP contribution is -2.10. The van der Waals surface area contributed by atoms with E-state index in [4.69, 9.17) is 19.3 Å². The predicted octanol–water partition coefficient (Wildman–Crippen LogP) is 3.35. The average Bonchev–Trinajstić information content (AvgIpc) is 2.64. The van der Waals surface area contributed by atoms with Gasteiger partial charge in [-0.3, -0.25) is 4.98 Å². The molecule has 0 atom stereocenters. The van der Waals surface area contributed by atoms with E-state index in [-0.39, 0.29) is 6.61 Å². The number of pyridine rings is 2. The van der Waals surface area contributed by atoms with Crippen LogP contribution in [0.25, 0.3) is 10.9 Å². The Bertz CT molecular complexity index is 873. The van der Waals surface area contributed by atoms with Crippen LogP contribution in [0.2, 0.25) is 0 Å². The molecule has 1 aromatic carbocycles. The van der Waals surface area contributed by atoms with Gasteiger partial charge in [0, 0.05) is 16.1 Å². The van der Waals surface area contributed by atoms with Crippen molar-refractivity contribution >= 4 is 26.8 Å². The minimum Gasteiger partial charge on any atom is -0.488 e. The molecule has 2 aromatic heterocycles. The molecule has 0 fully saturated rings. The maximum absolute atomic E-state index is 9.10. The Morgan fingerprint density at radius 2 is 1.92 bits per heavy atom. The quantitative estimate of drug-likeness (QED) is 0.608. The number of ether oxygens (including phenoxy) is 3. The molecule has 25 heavy (non-hydrogen) atoms. The van der Waals surface area contributed by atoms with Gasteiger partial charge in [0.25, 0.3) is 5.88 Å². The average molecular weight is 405 g/mol. The third-order valence-electron chi connectivity index (χ3n) is 3.46. The highest BCUT2D eigenvalue weighted by Gasteiger charge is 2.09. The van der Waals surface area contributed by atoms with Gasteiger partial charge in [-0.05, 0) is 35.9 Å². The summed E-state index contributed by atoms with van der Waals surface area (Å²) < 4.78 is 17.6. The fourth-order valence-corrected chi connectivity index (χ4v) is 2.68. The van der Waals surface area contributed by atoms with E-state index in [1.807, 2.05) is 24.3 Å². The Morgan fingerprint density at radius 3 is 2.72 bits per heavy atom.